The number of amides is 1. The Kier molecular flexibility index (Phi) is 6.25. The molecule has 24 heavy (non-hydrogen) atoms. The molecule has 0 aromatic carbocycles. The maximum Gasteiger partial charge on any atom is 0.303 e. The maximum atomic E-state index is 13.0. The van der Waals surface area contributed by atoms with Gasteiger partial charge in [0.2, 0.25) is 15.9 Å². The molecule has 0 aliphatic carbocycles. The molecule has 2 unspecified atom stereocenters. The van der Waals surface area contributed by atoms with Gasteiger partial charge in [-0.15, -0.1) is 0 Å². The first-order valence-corrected chi connectivity index (χ1v) is 10.3. The number of carboxylic acid groups (broad SMARTS) is 1. The molecule has 0 spiro atoms. The van der Waals surface area contributed by atoms with E-state index in [0.717, 1.165) is 12.8 Å². The molecule has 8 heteroatoms. The van der Waals surface area contributed by atoms with Crippen LogP contribution in [-0.4, -0.2) is 66.0 Å². The lowest BCUT2D eigenvalue weighted by molar-refractivity contribution is -0.138. The third-order valence-electron chi connectivity index (χ3n) is 4.93. The molecule has 138 valence electrons. The van der Waals surface area contributed by atoms with Gasteiger partial charge in [-0.2, -0.15) is 4.31 Å². The molecule has 7 nitrogen and oxygen atoms in total. The third kappa shape index (κ3) is 4.47. The number of carboxylic acids is 1. The van der Waals surface area contributed by atoms with Crippen LogP contribution in [0.2, 0.25) is 0 Å². The Morgan fingerprint density at radius 1 is 1.21 bits per heavy atom. The summed E-state index contributed by atoms with van der Waals surface area (Å²) >= 11 is 0. The first-order valence-electron chi connectivity index (χ1n) is 8.72. The zero-order chi connectivity index (χ0) is 17.9. The van der Waals surface area contributed by atoms with Crippen molar-refractivity contribution in [3.63, 3.8) is 0 Å². The second-order valence-electron chi connectivity index (χ2n) is 7.19. The quantitative estimate of drug-likeness (QED) is 0.767. The van der Waals surface area contributed by atoms with Crippen LogP contribution in [0.4, 0.5) is 0 Å². The summed E-state index contributed by atoms with van der Waals surface area (Å²) in [6, 6.07) is -0.643. The van der Waals surface area contributed by atoms with E-state index < -0.39 is 22.0 Å². The lowest BCUT2D eigenvalue weighted by Gasteiger charge is -2.38. The Labute approximate surface area is 144 Å². The van der Waals surface area contributed by atoms with Gasteiger partial charge in [-0.05, 0) is 37.5 Å². The highest BCUT2D eigenvalue weighted by molar-refractivity contribution is 7.89. The predicted molar refractivity (Wildman–Crippen MR) is 89.9 cm³/mol. The van der Waals surface area contributed by atoms with Crippen molar-refractivity contribution in [2.75, 3.05) is 25.4 Å². The van der Waals surface area contributed by atoms with E-state index in [1.807, 2.05) is 13.8 Å². The molecule has 2 heterocycles. The van der Waals surface area contributed by atoms with Crippen molar-refractivity contribution < 1.29 is 23.1 Å². The topological polar surface area (TPSA) is 95.0 Å². The molecule has 0 bridgehead atoms. The summed E-state index contributed by atoms with van der Waals surface area (Å²) in [5, 5.41) is 8.83. The molecule has 2 fully saturated rings. The van der Waals surface area contributed by atoms with Crippen LogP contribution in [0.5, 0.6) is 0 Å². The van der Waals surface area contributed by atoms with E-state index in [9.17, 15) is 18.0 Å². The SMILES string of the molecule is CC(C)C(C(=O)N1CCCC(CCC(=O)O)C1)N1CCCS1(=O)=O. The molecule has 1 amide bonds. The van der Waals surface area contributed by atoms with Gasteiger partial charge in [0.05, 0.1) is 5.75 Å². The van der Waals surface area contributed by atoms with Crippen LogP contribution in [0.3, 0.4) is 0 Å². The molecule has 2 aliphatic heterocycles. The van der Waals surface area contributed by atoms with Crippen LogP contribution in [0, 0.1) is 11.8 Å². The minimum atomic E-state index is -3.34. The Balaban J connectivity index is 2.08. The van der Waals surface area contributed by atoms with Crippen molar-refractivity contribution in [1.29, 1.82) is 0 Å². The lowest BCUT2D eigenvalue weighted by Crippen LogP contribution is -2.54. The minimum absolute atomic E-state index is 0.0928. The van der Waals surface area contributed by atoms with Crippen LogP contribution in [0.25, 0.3) is 0 Å². The van der Waals surface area contributed by atoms with Gasteiger partial charge in [0, 0.05) is 26.1 Å². The van der Waals surface area contributed by atoms with E-state index in [0.29, 0.717) is 32.5 Å². The maximum absolute atomic E-state index is 13.0. The van der Waals surface area contributed by atoms with Crippen LogP contribution in [0.15, 0.2) is 0 Å². The number of likely N-dealkylation sites (tertiary alicyclic amines) is 1. The first-order chi connectivity index (χ1) is 11.2. The smallest absolute Gasteiger partial charge is 0.303 e. The zero-order valence-electron chi connectivity index (χ0n) is 14.5. The number of hydrogen-bond donors (Lipinski definition) is 1. The van der Waals surface area contributed by atoms with Crippen LogP contribution in [0.1, 0.15) is 46.0 Å². The van der Waals surface area contributed by atoms with Crippen molar-refractivity contribution in [2.24, 2.45) is 11.8 Å². The fourth-order valence-corrected chi connectivity index (χ4v) is 5.54. The van der Waals surface area contributed by atoms with Gasteiger partial charge in [0.25, 0.3) is 0 Å². The minimum Gasteiger partial charge on any atom is -0.481 e. The number of rotatable bonds is 6. The van der Waals surface area contributed by atoms with Crippen molar-refractivity contribution in [3.8, 4) is 0 Å². The van der Waals surface area contributed by atoms with Gasteiger partial charge < -0.3 is 10.0 Å². The van der Waals surface area contributed by atoms with E-state index in [-0.39, 0.29) is 29.9 Å². The highest BCUT2D eigenvalue weighted by atomic mass is 32.2. The second-order valence-corrected chi connectivity index (χ2v) is 9.24. The molecular weight excluding hydrogens is 332 g/mol. The van der Waals surface area contributed by atoms with Crippen molar-refractivity contribution in [1.82, 2.24) is 9.21 Å². The molecule has 2 rings (SSSR count). The third-order valence-corrected chi connectivity index (χ3v) is 6.86. The summed E-state index contributed by atoms with van der Waals surface area (Å²) in [6.07, 6.45) is 3.01. The number of nitrogens with zero attached hydrogens (tertiary/aromatic N) is 2. The monoisotopic (exact) mass is 360 g/mol. The molecule has 0 radical (unpaired) electrons. The Morgan fingerprint density at radius 2 is 1.92 bits per heavy atom. The highest BCUT2D eigenvalue weighted by Gasteiger charge is 2.42. The molecule has 2 saturated heterocycles. The Morgan fingerprint density at radius 3 is 2.46 bits per heavy atom. The largest absolute Gasteiger partial charge is 0.481 e. The van der Waals surface area contributed by atoms with E-state index in [1.165, 1.54) is 4.31 Å². The summed E-state index contributed by atoms with van der Waals surface area (Å²) in [4.78, 5) is 25.5. The molecule has 0 aromatic rings. The van der Waals surface area contributed by atoms with E-state index in [2.05, 4.69) is 0 Å². The molecular formula is C16H28N2O5S. The standard InChI is InChI=1S/C16H28N2O5S/c1-12(2)15(18-9-4-10-24(18,22)23)16(21)17-8-3-5-13(11-17)6-7-14(19)20/h12-13,15H,3-11H2,1-2H3,(H,19,20). The van der Waals surface area contributed by atoms with E-state index in [1.54, 1.807) is 4.90 Å². The number of piperidine rings is 1. The lowest BCUT2D eigenvalue weighted by atomic mass is 9.92. The van der Waals surface area contributed by atoms with Gasteiger partial charge in [-0.25, -0.2) is 8.42 Å². The van der Waals surface area contributed by atoms with Gasteiger partial charge in [0.15, 0.2) is 0 Å². The van der Waals surface area contributed by atoms with Crippen molar-refractivity contribution in [2.45, 2.75) is 52.0 Å². The van der Waals surface area contributed by atoms with Gasteiger partial charge in [0.1, 0.15) is 6.04 Å². The molecule has 0 aromatic heterocycles. The number of sulfonamides is 1. The van der Waals surface area contributed by atoms with E-state index in [4.69, 9.17) is 5.11 Å². The first kappa shape index (κ1) is 19.2. The predicted octanol–water partition coefficient (Wildman–Crippen LogP) is 1.15. The number of hydrogen-bond acceptors (Lipinski definition) is 4. The molecule has 2 atom stereocenters. The van der Waals surface area contributed by atoms with Crippen LogP contribution >= 0.6 is 0 Å². The fourth-order valence-electron chi connectivity index (χ4n) is 3.73. The summed E-state index contributed by atoms with van der Waals surface area (Å²) in [5.74, 6) is -0.742. The van der Waals surface area contributed by atoms with Crippen LogP contribution in [-0.2, 0) is 19.6 Å². The number of aliphatic carboxylic acids is 1. The average Bonchev–Trinajstić information content (AvgIpc) is 2.85. The number of carbonyl (C=O) groups is 2. The van der Waals surface area contributed by atoms with Gasteiger partial charge in [-0.3, -0.25) is 9.59 Å². The number of carbonyl (C=O) groups excluding carboxylic acids is 1. The van der Waals surface area contributed by atoms with Crippen molar-refractivity contribution >= 4 is 21.9 Å². The molecule has 0 saturated carbocycles. The Bertz CT molecular complexity index is 575. The fraction of sp³-hybridized carbons (Fsp3) is 0.875. The van der Waals surface area contributed by atoms with Gasteiger partial charge in [-0.1, -0.05) is 13.8 Å². The van der Waals surface area contributed by atoms with Gasteiger partial charge >= 0.3 is 5.97 Å². The summed E-state index contributed by atoms with van der Waals surface area (Å²) in [6.45, 7) is 5.32. The summed E-state index contributed by atoms with van der Waals surface area (Å²) < 4.78 is 25.8. The highest BCUT2D eigenvalue weighted by Crippen LogP contribution is 2.27. The average molecular weight is 360 g/mol. The second kappa shape index (κ2) is 7.82. The summed E-state index contributed by atoms with van der Waals surface area (Å²) in [5.41, 5.74) is 0. The van der Waals surface area contributed by atoms with Crippen LogP contribution < -0.4 is 0 Å². The molecule has 1 N–H and O–H groups in total. The zero-order valence-corrected chi connectivity index (χ0v) is 15.3. The normalized spacial score (nSPS) is 25.8. The van der Waals surface area contributed by atoms with E-state index >= 15 is 0 Å². The molecule has 2 aliphatic rings. The van der Waals surface area contributed by atoms with Crippen molar-refractivity contribution in [3.05, 3.63) is 0 Å². The Hall–Kier alpha value is -1.15. The summed E-state index contributed by atoms with van der Waals surface area (Å²) in [7, 11) is -3.34.